The molecular weight excluding hydrogens is 247 g/mol. The van der Waals surface area contributed by atoms with Gasteiger partial charge in [0.05, 0.1) is 5.56 Å². The van der Waals surface area contributed by atoms with Crippen LogP contribution in [0.2, 0.25) is 0 Å². The van der Waals surface area contributed by atoms with Crippen molar-refractivity contribution in [1.82, 2.24) is 0 Å². The van der Waals surface area contributed by atoms with Gasteiger partial charge in [0, 0.05) is 22.8 Å². The molecule has 0 aliphatic heterocycles. The molecule has 0 radical (unpaired) electrons. The lowest BCUT2D eigenvalue weighted by Crippen LogP contribution is -2.05. The second kappa shape index (κ2) is 5.87. The van der Waals surface area contributed by atoms with Gasteiger partial charge in [-0.25, -0.2) is 0 Å². The summed E-state index contributed by atoms with van der Waals surface area (Å²) in [6.07, 6.45) is -3.65. The minimum Gasteiger partial charge on any atom is -0.398 e. The van der Waals surface area contributed by atoms with E-state index in [1.807, 2.05) is 0 Å². The predicted molar refractivity (Wildman–Crippen MR) is 64.6 cm³/mol. The van der Waals surface area contributed by atoms with Crippen LogP contribution in [0, 0.1) is 11.8 Å². The van der Waals surface area contributed by atoms with E-state index in [0.29, 0.717) is 11.3 Å². The summed E-state index contributed by atoms with van der Waals surface area (Å²) in [5.74, 6) is 6.35. The van der Waals surface area contributed by atoms with Crippen molar-refractivity contribution in [1.29, 1.82) is 0 Å². The molecule has 0 aliphatic carbocycles. The average Bonchev–Trinajstić information content (AvgIpc) is 2.24. The van der Waals surface area contributed by atoms with Crippen LogP contribution in [0.25, 0.3) is 0 Å². The number of halogens is 3. The van der Waals surface area contributed by atoms with Crippen molar-refractivity contribution in [2.24, 2.45) is 0 Å². The van der Waals surface area contributed by atoms with Gasteiger partial charge in [-0.2, -0.15) is 13.2 Å². The lowest BCUT2D eigenvalue weighted by molar-refractivity contribution is -0.137. The van der Waals surface area contributed by atoms with E-state index in [4.69, 9.17) is 5.73 Å². The maximum absolute atomic E-state index is 12.4. The van der Waals surface area contributed by atoms with Crippen molar-refractivity contribution in [3.8, 4) is 11.8 Å². The SMILES string of the molecule is CC#CCCSc1ccc(C(F)(F)F)cc1N. The molecule has 0 fully saturated rings. The normalized spacial score (nSPS) is 10.8. The van der Waals surface area contributed by atoms with E-state index in [1.165, 1.54) is 17.8 Å². The molecule has 0 aliphatic rings. The van der Waals surface area contributed by atoms with E-state index in [2.05, 4.69) is 11.8 Å². The first-order valence-corrected chi connectivity index (χ1v) is 5.93. The molecule has 0 unspecified atom stereocenters. The van der Waals surface area contributed by atoms with Crippen LogP contribution in [0.5, 0.6) is 0 Å². The molecule has 17 heavy (non-hydrogen) atoms. The fourth-order valence-corrected chi connectivity index (χ4v) is 2.01. The van der Waals surface area contributed by atoms with Gasteiger partial charge in [0.2, 0.25) is 0 Å². The summed E-state index contributed by atoms with van der Waals surface area (Å²) in [5, 5.41) is 0. The molecule has 1 nitrogen and oxygen atoms in total. The maximum atomic E-state index is 12.4. The van der Waals surface area contributed by atoms with Gasteiger partial charge >= 0.3 is 6.18 Å². The molecular formula is C12H12F3NS. The van der Waals surface area contributed by atoms with Crippen LogP contribution >= 0.6 is 11.8 Å². The number of anilines is 1. The molecule has 92 valence electrons. The summed E-state index contributed by atoms with van der Waals surface area (Å²) < 4.78 is 37.1. The van der Waals surface area contributed by atoms with Gasteiger partial charge in [0.15, 0.2) is 0 Å². The monoisotopic (exact) mass is 259 g/mol. The first kappa shape index (κ1) is 13.8. The van der Waals surface area contributed by atoms with Crippen molar-refractivity contribution in [2.75, 3.05) is 11.5 Å². The molecule has 0 aromatic heterocycles. The van der Waals surface area contributed by atoms with Gasteiger partial charge < -0.3 is 5.73 Å². The maximum Gasteiger partial charge on any atom is 0.416 e. The Morgan fingerprint density at radius 2 is 2.06 bits per heavy atom. The van der Waals surface area contributed by atoms with Crippen molar-refractivity contribution >= 4 is 17.4 Å². The zero-order valence-electron chi connectivity index (χ0n) is 9.27. The van der Waals surface area contributed by atoms with E-state index >= 15 is 0 Å². The molecule has 0 atom stereocenters. The second-order valence-electron chi connectivity index (χ2n) is 3.28. The topological polar surface area (TPSA) is 26.0 Å². The molecule has 0 heterocycles. The summed E-state index contributed by atoms with van der Waals surface area (Å²) in [5.41, 5.74) is 5.02. The number of thioether (sulfide) groups is 1. The fourth-order valence-electron chi connectivity index (χ4n) is 1.19. The van der Waals surface area contributed by atoms with Gasteiger partial charge in [-0.1, -0.05) is 0 Å². The molecule has 2 N–H and O–H groups in total. The minimum absolute atomic E-state index is 0.161. The van der Waals surface area contributed by atoms with Crippen LogP contribution < -0.4 is 5.73 Å². The Kier molecular flexibility index (Phi) is 4.76. The van der Waals surface area contributed by atoms with Crippen molar-refractivity contribution in [3.63, 3.8) is 0 Å². The van der Waals surface area contributed by atoms with Crippen molar-refractivity contribution < 1.29 is 13.2 Å². The van der Waals surface area contributed by atoms with Gasteiger partial charge in [0.1, 0.15) is 0 Å². The number of hydrogen-bond donors (Lipinski definition) is 1. The fraction of sp³-hybridized carbons (Fsp3) is 0.333. The number of rotatable bonds is 3. The number of nitrogens with two attached hydrogens (primary N) is 1. The summed E-state index contributed by atoms with van der Waals surface area (Å²) in [4.78, 5) is 0.663. The smallest absolute Gasteiger partial charge is 0.398 e. The predicted octanol–water partition coefficient (Wildman–Crippen LogP) is 3.79. The first-order chi connectivity index (χ1) is 7.95. The Hall–Kier alpha value is -1.28. The van der Waals surface area contributed by atoms with Crippen LogP contribution in [-0.4, -0.2) is 5.75 Å². The summed E-state index contributed by atoms with van der Waals surface area (Å²) in [7, 11) is 0. The first-order valence-electron chi connectivity index (χ1n) is 4.94. The standard InChI is InChI=1S/C12H12F3NS/c1-2-3-4-7-17-11-6-5-9(8-10(11)16)12(13,14)15/h5-6,8H,4,7,16H2,1H3. The lowest BCUT2D eigenvalue weighted by Gasteiger charge is -2.10. The van der Waals surface area contributed by atoms with Crippen LogP contribution in [0.3, 0.4) is 0 Å². The number of hydrogen-bond acceptors (Lipinski definition) is 2. The Morgan fingerprint density at radius 3 is 2.59 bits per heavy atom. The average molecular weight is 259 g/mol. The molecule has 0 spiro atoms. The van der Waals surface area contributed by atoms with E-state index in [-0.39, 0.29) is 5.69 Å². The number of benzene rings is 1. The Bertz CT molecular complexity index is 443. The lowest BCUT2D eigenvalue weighted by atomic mass is 10.2. The van der Waals surface area contributed by atoms with Crippen LogP contribution in [-0.2, 0) is 6.18 Å². The van der Waals surface area contributed by atoms with E-state index in [0.717, 1.165) is 17.9 Å². The minimum atomic E-state index is -4.34. The van der Waals surface area contributed by atoms with Gasteiger partial charge in [-0.3, -0.25) is 0 Å². The third-order valence-electron chi connectivity index (χ3n) is 2.00. The van der Waals surface area contributed by atoms with Crippen LogP contribution in [0.1, 0.15) is 18.9 Å². The molecule has 1 aromatic carbocycles. The number of alkyl halides is 3. The van der Waals surface area contributed by atoms with Gasteiger partial charge in [0.25, 0.3) is 0 Å². The highest BCUT2D eigenvalue weighted by molar-refractivity contribution is 7.99. The van der Waals surface area contributed by atoms with Crippen molar-refractivity contribution in [2.45, 2.75) is 24.4 Å². The van der Waals surface area contributed by atoms with Gasteiger partial charge in [-0.05, 0) is 25.1 Å². The largest absolute Gasteiger partial charge is 0.416 e. The molecule has 0 saturated heterocycles. The highest BCUT2D eigenvalue weighted by Crippen LogP contribution is 2.34. The molecule has 0 saturated carbocycles. The van der Waals surface area contributed by atoms with Crippen LogP contribution in [0.15, 0.2) is 23.1 Å². The number of nitrogen functional groups attached to an aromatic ring is 1. The summed E-state index contributed by atoms with van der Waals surface area (Å²) >= 11 is 1.41. The summed E-state index contributed by atoms with van der Waals surface area (Å²) in [6, 6.07) is 3.42. The van der Waals surface area contributed by atoms with E-state index < -0.39 is 11.7 Å². The van der Waals surface area contributed by atoms with Crippen LogP contribution in [0.4, 0.5) is 18.9 Å². The third kappa shape index (κ3) is 4.23. The molecule has 1 aromatic rings. The molecule has 1 rings (SSSR count). The molecule has 0 bridgehead atoms. The van der Waals surface area contributed by atoms with E-state index in [9.17, 15) is 13.2 Å². The Morgan fingerprint density at radius 1 is 1.35 bits per heavy atom. The highest BCUT2D eigenvalue weighted by Gasteiger charge is 2.30. The quantitative estimate of drug-likeness (QED) is 0.387. The zero-order chi connectivity index (χ0) is 12.9. The van der Waals surface area contributed by atoms with Gasteiger partial charge in [-0.15, -0.1) is 23.6 Å². The van der Waals surface area contributed by atoms with Crippen molar-refractivity contribution in [3.05, 3.63) is 23.8 Å². The third-order valence-corrected chi connectivity index (χ3v) is 3.09. The van der Waals surface area contributed by atoms with E-state index in [1.54, 1.807) is 6.92 Å². The second-order valence-corrected chi connectivity index (χ2v) is 4.41. The zero-order valence-corrected chi connectivity index (χ0v) is 10.1. The molecule has 5 heteroatoms. The Labute approximate surface area is 103 Å². The summed E-state index contributed by atoms with van der Waals surface area (Å²) in [6.45, 7) is 1.75. The molecule has 0 amide bonds. The Balaban J connectivity index is 2.72. The highest BCUT2D eigenvalue weighted by atomic mass is 32.2.